The highest BCUT2D eigenvalue weighted by molar-refractivity contribution is 7.89. The van der Waals surface area contributed by atoms with Crippen LogP contribution in [0, 0.1) is 0 Å². The zero-order valence-corrected chi connectivity index (χ0v) is 11.8. The van der Waals surface area contributed by atoms with E-state index in [9.17, 15) is 13.5 Å². The molecule has 18 heavy (non-hydrogen) atoms. The predicted molar refractivity (Wildman–Crippen MR) is 73.1 cm³/mol. The largest absolute Gasteiger partial charge is 0.394 e. The summed E-state index contributed by atoms with van der Waals surface area (Å²) in [5, 5.41) is 9.85. The van der Waals surface area contributed by atoms with Crippen LogP contribution in [0.5, 0.6) is 0 Å². The van der Waals surface area contributed by atoms with Gasteiger partial charge in [-0.1, -0.05) is 37.1 Å². The molecule has 1 rings (SSSR count). The Hall–Kier alpha value is -0.620. The van der Waals surface area contributed by atoms with Gasteiger partial charge in [0.25, 0.3) is 0 Å². The zero-order chi connectivity index (χ0) is 13.6. The molecule has 0 spiro atoms. The van der Waals surface area contributed by atoms with E-state index in [4.69, 9.17) is 11.6 Å². The van der Waals surface area contributed by atoms with Crippen LogP contribution in [0.4, 0.5) is 0 Å². The Labute approximate surface area is 113 Å². The number of nitrogens with one attached hydrogen (secondary N) is 1. The van der Waals surface area contributed by atoms with Gasteiger partial charge in [0.15, 0.2) is 0 Å². The van der Waals surface area contributed by atoms with Crippen LogP contribution in [0.25, 0.3) is 0 Å². The Kier molecular flexibility index (Phi) is 6.08. The maximum absolute atomic E-state index is 11.8. The Morgan fingerprint density at radius 3 is 2.44 bits per heavy atom. The minimum absolute atomic E-state index is 0.0770. The summed E-state index contributed by atoms with van der Waals surface area (Å²) < 4.78 is 26.0. The van der Waals surface area contributed by atoms with Gasteiger partial charge in [-0.3, -0.25) is 0 Å². The minimum Gasteiger partial charge on any atom is -0.394 e. The lowest BCUT2D eigenvalue weighted by atomic mass is 10.1. The van der Waals surface area contributed by atoms with Crippen molar-refractivity contribution in [2.75, 3.05) is 12.4 Å². The van der Waals surface area contributed by atoms with Crippen molar-refractivity contribution >= 4 is 21.6 Å². The molecule has 0 aliphatic carbocycles. The molecule has 6 heteroatoms. The molecule has 1 atom stereocenters. The van der Waals surface area contributed by atoms with Crippen molar-refractivity contribution in [2.24, 2.45) is 0 Å². The van der Waals surface area contributed by atoms with Gasteiger partial charge in [-0.25, -0.2) is 13.1 Å². The molecule has 0 radical (unpaired) electrons. The van der Waals surface area contributed by atoms with Gasteiger partial charge >= 0.3 is 0 Å². The highest BCUT2D eigenvalue weighted by Gasteiger charge is 2.18. The molecular formula is C12H18ClNO3S. The number of benzene rings is 1. The number of sulfonamides is 1. The van der Waals surface area contributed by atoms with Gasteiger partial charge < -0.3 is 5.11 Å². The van der Waals surface area contributed by atoms with Crippen LogP contribution < -0.4 is 4.72 Å². The van der Waals surface area contributed by atoms with E-state index in [-0.39, 0.29) is 12.4 Å². The first-order valence-electron chi connectivity index (χ1n) is 5.85. The molecule has 102 valence electrons. The normalized spacial score (nSPS) is 13.5. The Morgan fingerprint density at radius 1 is 1.33 bits per heavy atom. The maximum atomic E-state index is 11.8. The van der Waals surface area contributed by atoms with Gasteiger partial charge in [-0.15, -0.1) is 0 Å². The molecule has 0 aromatic heterocycles. The summed E-state index contributed by atoms with van der Waals surface area (Å²) in [5.41, 5.74) is 0.696. The van der Waals surface area contributed by atoms with Crippen LogP contribution in [0.2, 0.25) is 5.02 Å². The van der Waals surface area contributed by atoms with E-state index in [2.05, 4.69) is 4.72 Å². The number of halogens is 1. The second-order valence-corrected chi connectivity index (χ2v) is 6.39. The van der Waals surface area contributed by atoms with Gasteiger partial charge in [0.1, 0.15) is 0 Å². The van der Waals surface area contributed by atoms with Crippen LogP contribution in [0.3, 0.4) is 0 Å². The molecule has 0 amide bonds. The number of unbranched alkanes of at least 4 members (excludes halogenated alkanes) is 1. The van der Waals surface area contributed by atoms with Crippen LogP contribution in [0.15, 0.2) is 24.3 Å². The molecule has 0 heterocycles. The molecule has 1 aromatic rings. The third kappa shape index (κ3) is 4.94. The third-order valence-electron chi connectivity index (χ3n) is 2.54. The van der Waals surface area contributed by atoms with Gasteiger partial charge in [-0.05, 0) is 24.1 Å². The molecule has 0 saturated heterocycles. The van der Waals surface area contributed by atoms with E-state index in [0.717, 1.165) is 6.42 Å². The van der Waals surface area contributed by atoms with Crippen molar-refractivity contribution in [3.8, 4) is 0 Å². The molecule has 1 aromatic carbocycles. The van der Waals surface area contributed by atoms with Crippen molar-refractivity contribution in [3.63, 3.8) is 0 Å². The van der Waals surface area contributed by atoms with Gasteiger partial charge in [0, 0.05) is 5.02 Å². The summed E-state index contributed by atoms with van der Waals surface area (Å²) in [6.45, 7) is 1.64. The van der Waals surface area contributed by atoms with Crippen molar-refractivity contribution in [1.82, 2.24) is 4.72 Å². The third-order valence-corrected chi connectivity index (χ3v) is 4.27. The van der Waals surface area contributed by atoms with Gasteiger partial charge in [0.05, 0.1) is 18.4 Å². The van der Waals surface area contributed by atoms with E-state index < -0.39 is 16.1 Å². The summed E-state index contributed by atoms with van der Waals surface area (Å²) >= 11 is 5.76. The fourth-order valence-electron chi connectivity index (χ4n) is 1.52. The quantitative estimate of drug-likeness (QED) is 0.808. The monoisotopic (exact) mass is 291 g/mol. The van der Waals surface area contributed by atoms with E-state index in [1.807, 2.05) is 6.92 Å². The molecule has 4 nitrogen and oxygen atoms in total. The average Bonchev–Trinajstić information content (AvgIpc) is 2.35. The Balaban J connectivity index is 2.76. The summed E-state index contributed by atoms with van der Waals surface area (Å²) in [4.78, 5) is 0. The van der Waals surface area contributed by atoms with Crippen molar-refractivity contribution in [1.29, 1.82) is 0 Å². The molecular weight excluding hydrogens is 274 g/mol. The molecule has 2 N–H and O–H groups in total. The number of aliphatic hydroxyl groups excluding tert-OH is 1. The molecule has 0 fully saturated rings. The van der Waals surface area contributed by atoms with Crippen LogP contribution >= 0.6 is 11.6 Å². The fourth-order valence-corrected chi connectivity index (χ4v) is 3.07. The van der Waals surface area contributed by atoms with Crippen LogP contribution in [0.1, 0.15) is 31.4 Å². The number of hydrogen-bond donors (Lipinski definition) is 2. The Morgan fingerprint density at radius 2 is 1.94 bits per heavy atom. The van der Waals surface area contributed by atoms with Crippen molar-refractivity contribution in [3.05, 3.63) is 34.9 Å². The number of hydrogen-bond acceptors (Lipinski definition) is 3. The Bertz CT molecular complexity index is 459. The average molecular weight is 292 g/mol. The number of aliphatic hydroxyl groups is 1. The van der Waals surface area contributed by atoms with Gasteiger partial charge in [0.2, 0.25) is 10.0 Å². The van der Waals surface area contributed by atoms with Crippen molar-refractivity contribution in [2.45, 2.75) is 25.8 Å². The highest BCUT2D eigenvalue weighted by atomic mass is 35.5. The molecule has 1 unspecified atom stereocenters. The van der Waals surface area contributed by atoms with E-state index >= 15 is 0 Å². The van der Waals surface area contributed by atoms with Crippen LogP contribution in [-0.4, -0.2) is 25.9 Å². The van der Waals surface area contributed by atoms with E-state index in [1.54, 1.807) is 24.3 Å². The smallest absolute Gasteiger partial charge is 0.212 e. The highest BCUT2D eigenvalue weighted by Crippen LogP contribution is 2.17. The summed E-state index contributed by atoms with van der Waals surface area (Å²) in [5.74, 6) is 0.0770. The second kappa shape index (κ2) is 7.09. The molecule has 0 bridgehead atoms. The lowest BCUT2D eigenvalue weighted by molar-refractivity contribution is 0.259. The second-order valence-electron chi connectivity index (χ2n) is 4.08. The fraction of sp³-hybridized carbons (Fsp3) is 0.500. The maximum Gasteiger partial charge on any atom is 0.212 e. The first-order chi connectivity index (χ1) is 8.48. The molecule has 0 aliphatic heterocycles. The predicted octanol–water partition coefficient (Wildman–Crippen LogP) is 2.09. The molecule has 0 aliphatic rings. The SMILES string of the molecule is CCCCS(=O)(=O)NC(CO)c1ccc(Cl)cc1. The lowest BCUT2D eigenvalue weighted by Crippen LogP contribution is -2.32. The van der Waals surface area contributed by atoms with Gasteiger partial charge in [-0.2, -0.15) is 0 Å². The lowest BCUT2D eigenvalue weighted by Gasteiger charge is -2.16. The first kappa shape index (κ1) is 15.4. The van der Waals surface area contributed by atoms with E-state index in [1.165, 1.54) is 0 Å². The first-order valence-corrected chi connectivity index (χ1v) is 7.88. The minimum atomic E-state index is -3.36. The zero-order valence-electron chi connectivity index (χ0n) is 10.3. The summed E-state index contributed by atoms with van der Waals surface area (Å²) in [6, 6.07) is 6.11. The summed E-state index contributed by atoms with van der Waals surface area (Å²) in [6.07, 6.45) is 1.42. The van der Waals surface area contributed by atoms with E-state index in [0.29, 0.717) is 17.0 Å². The topological polar surface area (TPSA) is 66.4 Å². The standard InChI is InChI=1S/C12H18ClNO3S/c1-2-3-8-18(16,17)14-12(9-15)10-4-6-11(13)7-5-10/h4-7,12,14-15H,2-3,8-9H2,1H3. The molecule has 0 saturated carbocycles. The van der Waals surface area contributed by atoms with Crippen molar-refractivity contribution < 1.29 is 13.5 Å². The summed E-state index contributed by atoms with van der Waals surface area (Å²) in [7, 11) is -3.36. The van der Waals surface area contributed by atoms with Crippen LogP contribution in [-0.2, 0) is 10.0 Å². The number of rotatable bonds is 7.